The fourth-order valence-electron chi connectivity index (χ4n) is 3.34. The standard InChI is InChI=1S/C20H21F2NO4S/c1-15-8-10-17(11-9-15)28(25,26)27-23-13-5-12-20(18(21)22,19(23)24)14-16-6-3-2-4-7-16/h2-4,6-11,18H,5,12-14H2,1H3. The molecule has 28 heavy (non-hydrogen) atoms. The zero-order valence-electron chi connectivity index (χ0n) is 15.3. The SMILES string of the molecule is Cc1ccc(S(=O)(=O)ON2CCCC(Cc3ccccc3)(C(F)F)C2=O)cc1. The quantitative estimate of drug-likeness (QED) is 0.729. The van der Waals surface area contributed by atoms with Crippen molar-refractivity contribution < 1.29 is 26.3 Å². The number of hydrogen-bond donors (Lipinski definition) is 0. The number of alkyl halides is 2. The van der Waals surface area contributed by atoms with Crippen LogP contribution in [0.4, 0.5) is 8.78 Å². The highest BCUT2D eigenvalue weighted by atomic mass is 32.2. The fraction of sp³-hybridized carbons (Fsp3) is 0.350. The summed E-state index contributed by atoms with van der Waals surface area (Å²) in [5, 5.41) is 0.577. The molecule has 0 aliphatic carbocycles. The molecule has 1 aliphatic rings. The van der Waals surface area contributed by atoms with Gasteiger partial charge in [-0.05, 0) is 43.9 Å². The van der Waals surface area contributed by atoms with E-state index in [4.69, 9.17) is 4.28 Å². The predicted octanol–water partition coefficient (Wildman–Crippen LogP) is 3.73. The van der Waals surface area contributed by atoms with Crippen molar-refractivity contribution in [2.45, 2.75) is 37.5 Å². The normalized spacial score (nSPS) is 20.6. The van der Waals surface area contributed by atoms with E-state index >= 15 is 0 Å². The van der Waals surface area contributed by atoms with Crippen molar-refractivity contribution in [3.05, 3.63) is 65.7 Å². The van der Waals surface area contributed by atoms with Gasteiger partial charge in [0.05, 0.1) is 11.4 Å². The summed E-state index contributed by atoms with van der Waals surface area (Å²) in [6, 6.07) is 14.4. The molecule has 0 radical (unpaired) electrons. The third-order valence-electron chi connectivity index (χ3n) is 4.91. The minimum Gasteiger partial charge on any atom is -0.272 e. The van der Waals surface area contributed by atoms with Crippen molar-refractivity contribution in [2.24, 2.45) is 5.41 Å². The smallest absolute Gasteiger partial charge is 0.272 e. The molecule has 1 unspecified atom stereocenters. The number of rotatable bonds is 6. The zero-order valence-corrected chi connectivity index (χ0v) is 16.2. The zero-order chi connectivity index (χ0) is 20.4. The summed E-state index contributed by atoms with van der Waals surface area (Å²) in [6.45, 7) is 1.74. The largest absolute Gasteiger partial charge is 0.317 e. The molecule has 1 fully saturated rings. The highest BCUT2D eigenvalue weighted by molar-refractivity contribution is 7.86. The predicted molar refractivity (Wildman–Crippen MR) is 99.0 cm³/mol. The van der Waals surface area contributed by atoms with Crippen LogP contribution in [0.15, 0.2) is 59.5 Å². The number of hydroxylamine groups is 2. The van der Waals surface area contributed by atoms with E-state index in [0.29, 0.717) is 10.6 Å². The number of aryl methyl sites for hydroxylation is 1. The third-order valence-corrected chi connectivity index (χ3v) is 6.14. The van der Waals surface area contributed by atoms with Gasteiger partial charge in [0.1, 0.15) is 5.41 Å². The lowest BCUT2D eigenvalue weighted by Crippen LogP contribution is -2.53. The van der Waals surface area contributed by atoms with Gasteiger partial charge in [0.2, 0.25) is 0 Å². The number of nitrogens with zero attached hydrogens (tertiary/aromatic N) is 1. The van der Waals surface area contributed by atoms with E-state index in [0.717, 1.165) is 5.56 Å². The lowest BCUT2D eigenvalue weighted by molar-refractivity contribution is -0.187. The molecule has 2 aromatic rings. The summed E-state index contributed by atoms with van der Waals surface area (Å²) < 4.78 is 58.0. The number of carbonyl (C=O) groups excluding carboxylic acids is 1. The second kappa shape index (κ2) is 7.97. The first-order valence-electron chi connectivity index (χ1n) is 8.90. The van der Waals surface area contributed by atoms with Gasteiger partial charge in [0.15, 0.2) is 0 Å². The Morgan fingerprint density at radius 1 is 1.11 bits per heavy atom. The summed E-state index contributed by atoms with van der Waals surface area (Å²) in [7, 11) is -4.30. The van der Waals surface area contributed by atoms with Gasteiger partial charge < -0.3 is 0 Å². The molecule has 3 rings (SSSR count). The Hall–Kier alpha value is -2.32. The lowest BCUT2D eigenvalue weighted by Gasteiger charge is -2.39. The minimum absolute atomic E-state index is 0.0389. The molecule has 150 valence electrons. The van der Waals surface area contributed by atoms with E-state index in [1.165, 1.54) is 12.1 Å². The van der Waals surface area contributed by atoms with E-state index in [1.807, 2.05) is 0 Å². The Morgan fingerprint density at radius 2 is 1.75 bits per heavy atom. The topological polar surface area (TPSA) is 63.7 Å². The Labute approximate surface area is 163 Å². The van der Waals surface area contributed by atoms with E-state index in [2.05, 4.69) is 0 Å². The second-order valence-corrected chi connectivity index (χ2v) is 8.50. The van der Waals surface area contributed by atoms with Crippen LogP contribution in [0.5, 0.6) is 0 Å². The van der Waals surface area contributed by atoms with Gasteiger partial charge in [-0.3, -0.25) is 4.79 Å². The van der Waals surface area contributed by atoms with Gasteiger partial charge in [-0.25, -0.2) is 13.8 Å². The molecule has 8 heteroatoms. The van der Waals surface area contributed by atoms with Crippen LogP contribution in [0.3, 0.4) is 0 Å². The first-order chi connectivity index (χ1) is 13.2. The van der Waals surface area contributed by atoms with Crippen LogP contribution in [0.2, 0.25) is 0 Å². The first-order valence-corrected chi connectivity index (χ1v) is 10.3. The molecule has 1 aliphatic heterocycles. The van der Waals surface area contributed by atoms with Crippen molar-refractivity contribution in [3.63, 3.8) is 0 Å². The summed E-state index contributed by atoms with van der Waals surface area (Å²) in [5.41, 5.74) is -0.575. The maximum atomic E-state index is 14.0. The Bertz CT molecular complexity index is 932. The molecule has 1 atom stereocenters. The number of piperidine rings is 1. The average molecular weight is 409 g/mol. The maximum absolute atomic E-state index is 14.0. The van der Waals surface area contributed by atoms with Gasteiger partial charge in [0.25, 0.3) is 12.3 Å². The van der Waals surface area contributed by atoms with Crippen molar-refractivity contribution in [1.29, 1.82) is 0 Å². The molecule has 2 aromatic carbocycles. The van der Waals surface area contributed by atoms with Crippen molar-refractivity contribution >= 4 is 16.0 Å². The van der Waals surface area contributed by atoms with Crippen LogP contribution in [0.25, 0.3) is 0 Å². The molecule has 1 amide bonds. The number of halogens is 2. The lowest BCUT2D eigenvalue weighted by atomic mass is 9.75. The Balaban J connectivity index is 1.86. The van der Waals surface area contributed by atoms with Crippen LogP contribution in [0.1, 0.15) is 24.0 Å². The summed E-state index contributed by atoms with van der Waals surface area (Å²) in [6.07, 6.45) is -2.96. The summed E-state index contributed by atoms with van der Waals surface area (Å²) >= 11 is 0. The van der Waals surface area contributed by atoms with Crippen LogP contribution in [0, 0.1) is 12.3 Å². The molecular weight excluding hydrogens is 388 g/mol. The molecule has 0 saturated carbocycles. The molecule has 0 bridgehead atoms. The molecule has 5 nitrogen and oxygen atoms in total. The van der Waals surface area contributed by atoms with Crippen molar-refractivity contribution in [1.82, 2.24) is 5.06 Å². The highest BCUT2D eigenvalue weighted by Gasteiger charge is 2.52. The molecular formula is C20H21F2NO4S. The first kappa shape index (κ1) is 20.4. The van der Waals surface area contributed by atoms with Gasteiger partial charge in [-0.15, -0.1) is 4.28 Å². The number of benzene rings is 2. The average Bonchev–Trinajstić information content (AvgIpc) is 2.66. The third kappa shape index (κ3) is 4.07. The Morgan fingerprint density at radius 3 is 2.36 bits per heavy atom. The van der Waals surface area contributed by atoms with Gasteiger partial charge in [-0.1, -0.05) is 48.0 Å². The molecule has 1 saturated heterocycles. The van der Waals surface area contributed by atoms with Crippen LogP contribution in [-0.4, -0.2) is 32.4 Å². The van der Waals surface area contributed by atoms with Gasteiger partial charge >= 0.3 is 10.1 Å². The van der Waals surface area contributed by atoms with Crippen molar-refractivity contribution in [3.8, 4) is 0 Å². The highest BCUT2D eigenvalue weighted by Crippen LogP contribution is 2.41. The second-order valence-electron chi connectivity index (χ2n) is 6.97. The van der Waals surface area contributed by atoms with E-state index in [9.17, 15) is 22.0 Å². The van der Waals surface area contributed by atoms with E-state index < -0.39 is 27.9 Å². The maximum Gasteiger partial charge on any atom is 0.317 e. The van der Waals surface area contributed by atoms with Crippen molar-refractivity contribution in [2.75, 3.05) is 6.54 Å². The van der Waals surface area contributed by atoms with E-state index in [-0.39, 0.29) is 30.7 Å². The van der Waals surface area contributed by atoms with Gasteiger partial charge in [-0.2, -0.15) is 8.42 Å². The van der Waals surface area contributed by atoms with Crippen LogP contribution >= 0.6 is 0 Å². The summed E-state index contributed by atoms with van der Waals surface area (Å²) in [4.78, 5) is 12.8. The number of amides is 1. The van der Waals surface area contributed by atoms with Crippen LogP contribution < -0.4 is 0 Å². The monoisotopic (exact) mass is 409 g/mol. The van der Waals surface area contributed by atoms with Crippen LogP contribution in [-0.2, 0) is 25.6 Å². The fourth-order valence-corrected chi connectivity index (χ4v) is 4.27. The number of hydrogen-bond acceptors (Lipinski definition) is 4. The molecule has 0 N–H and O–H groups in total. The molecule has 0 aromatic heterocycles. The van der Waals surface area contributed by atoms with E-state index in [1.54, 1.807) is 49.4 Å². The number of carbonyl (C=O) groups is 1. The minimum atomic E-state index is -4.30. The Kier molecular flexibility index (Phi) is 5.81. The molecule has 0 spiro atoms. The molecule has 1 heterocycles. The van der Waals surface area contributed by atoms with Gasteiger partial charge in [0, 0.05) is 0 Å². The summed E-state index contributed by atoms with van der Waals surface area (Å²) in [5.74, 6) is -1.01.